The van der Waals surface area contributed by atoms with Crippen molar-refractivity contribution in [1.29, 1.82) is 0 Å². The second kappa shape index (κ2) is 16.2. The molecule has 382 valence electrons. The molecule has 2 heteroatoms. The van der Waals surface area contributed by atoms with E-state index in [2.05, 4.69) is 263 Å². The molecule has 0 saturated heterocycles. The molecule has 0 amide bonds. The summed E-state index contributed by atoms with van der Waals surface area (Å²) in [6.07, 6.45) is 0. The summed E-state index contributed by atoms with van der Waals surface area (Å²) in [5.41, 5.74) is 25.8. The van der Waals surface area contributed by atoms with E-state index in [1.54, 1.807) is 0 Å². The molecule has 0 spiro atoms. The average molecular weight is 975 g/mol. The van der Waals surface area contributed by atoms with E-state index in [4.69, 9.17) is 0 Å². The molecule has 2 aliphatic rings. The molecule has 2 heterocycles. The van der Waals surface area contributed by atoms with Crippen LogP contribution in [0.1, 0.15) is 211 Å². The first kappa shape index (κ1) is 52.4. The van der Waals surface area contributed by atoms with Crippen LogP contribution in [-0.2, 0) is 43.3 Å². The van der Waals surface area contributed by atoms with Gasteiger partial charge in [0, 0.05) is 0 Å². The number of hydrogen-bond acceptors (Lipinski definition) is 0. The molecule has 10 rings (SSSR count). The van der Waals surface area contributed by atoms with Crippen molar-refractivity contribution in [3.63, 3.8) is 0 Å². The van der Waals surface area contributed by atoms with Crippen molar-refractivity contribution >= 4 is 78.5 Å². The van der Waals surface area contributed by atoms with Crippen LogP contribution in [0, 0.1) is 0 Å². The van der Waals surface area contributed by atoms with Crippen molar-refractivity contribution in [2.24, 2.45) is 0 Å². The smallest absolute Gasteiger partial charge is 0.0657 e. The molecule has 2 aliphatic heterocycles. The Morgan fingerprint density at radius 2 is 0.459 bits per heavy atom. The van der Waals surface area contributed by atoms with Crippen LogP contribution in [0.5, 0.6) is 0 Å². The monoisotopic (exact) mass is 975 g/mol. The van der Waals surface area contributed by atoms with Gasteiger partial charge in [-0.15, -0.1) is 0 Å². The largest absolute Gasteiger partial charge is 0.244 e. The van der Waals surface area contributed by atoms with E-state index in [9.17, 15) is 0 Å². The first-order chi connectivity index (χ1) is 33.8. The molecule has 74 heavy (non-hydrogen) atoms. The first-order valence-corrected chi connectivity index (χ1v) is 28.2. The fraction of sp³-hybridized carbons (Fsp3) is 0.444. The zero-order valence-electron chi connectivity index (χ0n) is 50.4. The third-order valence-corrected chi connectivity index (χ3v) is 17.5. The minimum Gasteiger partial charge on any atom is -0.0657 e. The van der Waals surface area contributed by atoms with Crippen LogP contribution >= 0.6 is 0 Å². The Morgan fingerprint density at radius 1 is 0.243 bits per heavy atom. The third kappa shape index (κ3) is 8.33. The molecule has 0 saturated carbocycles. The Bertz CT molecular complexity index is 3200. The maximum Gasteiger partial charge on any atom is 0.244 e. The summed E-state index contributed by atoms with van der Waals surface area (Å²) < 4.78 is 0. The van der Waals surface area contributed by atoms with Gasteiger partial charge < -0.3 is 0 Å². The summed E-state index contributed by atoms with van der Waals surface area (Å²) in [6, 6.07) is 40.6. The summed E-state index contributed by atoms with van der Waals surface area (Å²) in [5.74, 6) is 0. The van der Waals surface area contributed by atoms with Crippen LogP contribution in [0.2, 0.25) is 0 Å². The van der Waals surface area contributed by atoms with Crippen LogP contribution in [0.4, 0.5) is 0 Å². The van der Waals surface area contributed by atoms with E-state index in [1.807, 2.05) is 0 Å². The quantitative estimate of drug-likeness (QED) is 0.120. The molecule has 8 aromatic rings. The Hall–Kier alpha value is -5.07. The van der Waals surface area contributed by atoms with Crippen LogP contribution in [0.3, 0.4) is 0 Å². The Balaban J connectivity index is 1.33. The maximum absolute atomic E-state index is 2.59. The summed E-state index contributed by atoms with van der Waals surface area (Å²) in [6.45, 7) is 58.1. The van der Waals surface area contributed by atoms with Crippen LogP contribution < -0.4 is 32.8 Å². The molecule has 0 unspecified atom stereocenters. The number of benzene rings is 8. The molecule has 0 fully saturated rings. The van der Waals surface area contributed by atoms with Gasteiger partial charge >= 0.3 is 0 Å². The highest BCUT2D eigenvalue weighted by molar-refractivity contribution is 7.02. The fourth-order valence-corrected chi connectivity index (χ4v) is 13.2. The van der Waals surface area contributed by atoms with E-state index in [1.165, 1.54) is 132 Å². The van der Waals surface area contributed by atoms with Crippen LogP contribution in [0.15, 0.2) is 97.1 Å². The van der Waals surface area contributed by atoms with Gasteiger partial charge in [-0.1, -0.05) is 296 Å². The van der Waals surface area contributed by atoms with Crippen molar-refractivity contribution in [2.45, 2.75) is 209 Å². The van der Waals surface area contributed by atoms with Gasteiger partial charge in [-0.25, -0.2) is 0 Å². The summed E-state index contributed by atoms with van der Waals surface area (Å²) >= 11 is 0. The van der Waals surface area contributed by atoms with Crippen LogP contribution in [-0.4, -0.2) is 13.4 Å². The lowest BCUT2D eigenvalue weighted by Crippen LogP contribution is -2.54. The van der Waals surface area contributed by atoms with Crippen molar-refractivity contribution < 1.29 is 0 Å². The van der Waals surface area contributed by atoms with E-state index in [-0.39, 0.29) is 56.7 Å². The minimum absolute atomic E-state index is 0.00211. The normalized spacial score (nSPS) is 14.7. The number of fused-ring (bicyclic) bond motifs is 6. The molecule has 0 aliphatic carbocycles. The zero-order valence-corrected chi connectivity index (χ0v) is 50.4. The zero-order chi connectivity index (χ0) is 54.3. The first-order valence-electron chi connectivity index (χ1n) is 28.2. The van der Waals surface area contributed by atoms with E-state index in [0.29, 0.717) is 0 Å². The SMILES string of the molecule is CC(C)(C)c1cc2c(c(C(C)(C)C)c1)B(c1ccc3ccc4c(B5c6c(cc(C(C)(C)C)cc6C(C)(C)C)-c6cc(C(C)(C)C)cc(C(C)(C)C)c65)ccc5ccc1c3c54)c1c-2cc(C(C)(C)C)cc1C(C)(C)C. The third-order valence-electron chi connectivity index (χ3n) is 17.5. The standard InChI is InChI=1S/C72H88B2/c1-65(2,3)43-33-49-50-34-44(66(4,5)6)38-54(70(16,17)18)62(50)73(61(49)53(37-43)69(13,14)15)57-31-27-41-26-30-48-58(32-28-42-25-29-47(57)59(41)60(42)48)74-63-51(35-45(67(7,8)9)39-55(63)71(19,20)21)52-36-46(68(10,11)12)40-56(64(52)74)72(22,23)24/h25-40H,1-24H3. The molecule has 0 aromatic heterocycles. The Labute approximate surface area is 449 Å². The van der Waals surface area contributed by atoms with Gasteiger partial charge in [-0.2, -0.15) is 0 Å². The van der Waals surface area contributed by atoms with Gasteiger partial charge in [0.25, 0.3) is 0 Å². The van der Waals surface area contributed by atoms with E-state index >= 15 is 0 Å². The van der Waals surface area contributed by atoms with E-state index < -0.39 is 0 Å². The Morgan fingerprint density at radius 3 is 0.662 bits per heavy atom. The van der Waals surface area contributed by atoms with Gasteiger partial charge in [-0.05, 0) is 142 Å². The lowest BCUT2D eigenvalue weighted by molar-refractivity contribution is 0.570. The van der Waals surface area contributed by atoms with Crippen LogP contribution in [0.25, 0.3) is 54.6 Å². The second-order valence-electron chi connectivity index (χ2n) is 31.5. The molecule has 0 N–H and O–H groups in total. The highest BCUT2D eigenvalue weighted by Crippen LogP contribution is 2.44. The number of rotatable bonds is 2. The molecular weight excluding hydrogens is 886 g/mol. The lowest BCUT2D eigenvalue weighted by atomic mass is 9.35. The maximum atomic E-state index is 2.59. The molecule has 0 radical (unpaired) electrons. The second-order valence-corrected chi connectivity index (χ2v) is 31.5. The fourth-order valence-electron chi connectivity index (χ4n) is 13.2. The summed E-state index contributed by atoms with van der Waals surface area (Å²) in [4.78, 5) is 0. The van der Waals surface area contributed by atoms with Gasteiger partial charge in [-0.3, -0.25) is 0 Å². The minimum atomic E-state index is -0.0773. The van der Waals surface area contributed by atoms with Gasteiger partial charge in [0.05, 0.1) is 0 Å². The molecule has 0 nitrogen and oxygen atoms in total. The molecule has 8 aromatic carbocycles. The van der Waals surface area contributed by atoms with Crippen molar-refractivity contribution in [3.05, 3.63) is 142 Å². The summed E-state index contributed by atoms with van der Waals surface area (Å²) in [7, 11) is 0. The van der Waals surface area contributed by atoms with E-state index in [0.717, 1.165) is 0 Å². The van der Waals surface area contributed by atoms with Crippen molar-refractivity contribution in [1.82, 2.24) is 0 Å². The van der Waals surface area contributed by atoms with Gasteiger partial charge in [0.15, 0.2) is 0 Å². The highest BCUT2D eigenvalue weighted by atomic mass is 14.4. The molecule has 0 bridgehead atoms. The topological polar surface area (TPSA) is 0 Å². The average Bonchev–Trinajstić information content (AvgIpc) is 3.77. The number of hydrogen-bond donors (Lipinski definition) is 0. The lowest BCUT2D eigenvalue weighted by Gasteiger charge is -2.31. The summed E-state index contributed by atoms with van der Waals surface area (Å²) in [5, 5.41) is 8.19. The van der Waals surface area contributed by atoms with Crippen molar-refractivity contribution in [2.75, 3.05) is 0 Å². The molecular formula is C72H88B2. The molecule has 0 atom stereocenters. The van der Waals surface area contributed by atoms with Gasteiger partial charge in [0.2, 0.25) is 13.4 Å². The predicted molar refractivity (Wildman–Crippen MR) is 333 cm³/mol. The highest BCUT2D eigenvalue weighted by Gasteiger charge is 2.46. The predicted octanol–water partition coefficient (Wildman–Crippen LogP) is 16.0. The van der Waals surface area contributed by atoms with Gasteiger partial charge in [0.1, 0.15) is 0 Å². The van der Waals surface area contributed by atoms with Crippen molar-refractivity contribution in [3.8, 4) is 22.3 Å². The Kier molecular flexibility index (Phi) is 11.5.